The summed E-state index contributed by atoms with van der Waals surface area (Å²) >= 11 is 0. The normalized spacial score (nSPS) is 14.0. The van der Waals surface area contributed by atoms with Crippen molar-refractivity contribution in [2.45, 2.75) is 38.9 Å². The van der Waals surface area contributed by atoms with Gasteiger partial charge in [0, 0.05) is 0 Å². The minimum atomic E-state index is -1.45. The molecule has 1 radical (unpaired) electrons. The first-order valence-electron chi connectivity index (χ1n) is 3.30. The van der Waals surface area contributed by atoms with Gasteiger partial charge in [0.05, 0.1) is 14.3 Å². The minimum Gasteiger partial charge on any atom is -0.394 e. The van der Waals surface area contributed by atoms with Crippen LogP contribution < -0.4 is 0 Å². The summed E-state index contributed by atoms with van der Waals surface area (Å²) in [7, 11) is -1.45. The molecule has 0 aliphatic rings. The standard InChI is InChI=1S/C7H17OSi/c1-7(2,3)9(4,5)6-8/h6,8H,1-5H3. The van der Waals surface area contributed by atoms with Crippen molar-refractivity contribution in [3.8, 4) is 0 Å². The molecule has 0 aliphatic carbocycles. The number of aliphatic hydroxyl groups is 1. The van der Waals surface area contributed by atoms with Crippen LogP contribution in [0.2, 0.25) is 18.1 Å². The molecule has 0 aliphatic heterocycles. The summed E-state index contributed by atoms with van der Waals surface area (Å²) in [6.45, 7) is 10.8. The van der Waals surface area contributed by atoms with Gasteiger partial charge in [0.1, 0.15) is 0 Å². The molecule has 0 aromatic carbocycles. The second-order valence-corrected chi connectivity index (χ2v) is 9.30. The number of aliphatic hydroxyl groups excluding tert-OH is 1. The topological polar surface area (TPSA) is 20.2 Å². The van der Waals surface area contributed by atoms with Gasteiger partial charge in [-0.2, -0.15) is 0 Å². The SMILES string of the molecule is CC(C)(C)[Si](C)(C)[CH]O. The lowest BCUT2D eigenvalue weighted by atomic mass is 10.2. The van der Waals surface area contributed by atoms with E-state index in [9.17, 15) is 0 Å². The van der Waals surface area contributed by atoms with Crippen LogP contribution in [-0.4, -0.2) is 13.2 Å². The fourth-order valence-corrected chi connectivity index (χ4v) is 0.581. The van der Waals surface area contributed by atoms with Crippen LogP contribution in [0.3, 0.4) is 0 Å². The van der Waals surface area contributed by atoms with Crippen LogP contribution in [0.5, 0.6) is 0 Å². The number of rotatable bonds is 1. The molecule has 1 N–H and O–H groups in total. The molecule has 0 fully saturated rings. The van der Waals surface area contributed by atoms with Gasteiger partial charge in [-0.1, -0.05) is 33.9 Å². The van der Waals surface area contributed by atoms with Crippen molar-refractivity contribution in [2.24, 2.45) is 0 Å². The Labute approximate surface area is 59.1 Å². The lowest BCUT2D eigenvalue weighted by Gasteiger charge is -2.34. The zero-order valence-corrected chi connectivity index (χ0v) is 8.02. The molecule has 55 valence electrons. The van der Waals surface area contributed by atoms with E-state index in [2.05, 4.69) is 33.9 Å². The Balaban J connectivity index is 4.14. The molecule has 0 aromatic rings. The predicted molar refractivity (Wildman–Crippen MR) is 43.4 cm³/mol. The van der Waals surface area contributed by atoms with E-state index in [-0.39, 0.29) is 5.04 Å². The Morgan fingerprint density at radius 2 is 1.56 bits per heavy atom. The smallest absolute Gasteiger partial charge is 0.0894 e. The fraction of sp³-hybridized carbons (Fsp3) is 0.857. The molecule has 0 saturated carbocycles. The Hall–Kier alpha value is 0.177. The third-order valence-corrected chi connectivity index (χ3v) is 6.77. The van der Waals surface area contributed by atoms with Gasteiger partial charge in [-0.15, -0.1) is 0 Å². The van der Waals surface area contributed by atoms with E-state index in [1.807, 2.05) is 0 Å². The van der Waals surface area contributed by atoms with Crippen LogP contribution in [0.4, 0.5) is 0 Å². The number of hydrogen-bond acceptors (Lipinski definition) is 1. The molecule has 0 atom stereocenters. The first kappa shape index (κ1) is 9.18. The zero-order chi connectivity index (χ0) is 7.71. The molecule has 0 unspecified atom stereocenters. The van der Waals surface area contributed by atoms with E-state index in [1.54, 1.807) is 0 Å². The van der Waals surface area contributed by atoms with Crippen LogP contribution in [0.15, 0.2) is 0 Å². The van der Waals surface area contributed by atoms with Crippen LogP contribution in [-0.2, 0) is 0 Å². The molecule has 0 bridgehead atoms. The summed E-state index contributed by atoms with van der Waals surface area (Å²) in [4.78, 5) is 0. The van der Waals surface area contributed by atoms with Gasteiger partial charge in [0.25, 0.3) is 0 Å². The summed E-state index contributed by atoms with van der Waals surface area (Å²) in [6.07, 6.45) is 1.41. The van der Waals surface area contributed by atoms with Crippen molar-refractivity contribution in [1.82, 2.24) is 0 Å². The maximum Gasteiger partial charge on any atom is 0.0894 e. The average Bonchev–Trinajstić information content (AvgIpc) is 1.64. The van der Waals surface area contributed by atoms with Crippen molar-refractivity contribution in [3.05, 3.63) is 6.23 Å². The molecule has 0 aromatic heterocycles. The molecular formula is C7H17OSi. The van der Waals surface area contributed by atoms with Crippen molar-refractivity contribution < 1.29 is 5.11 Å². The highest BCUT2D eigenvalue weighted by molar-refractivity contribution is 6.82. The lowest BCUT2D eigenvalue weighted by molar-refractivity contribution is 0.425. The highest BCUT2D eigenvalue weighted by Crippen LogP contribution is 2.36. The molecular weight excluding hydrogens is 128 g/mol. The summed E-state index contributed by atoms with van der Waals surface area (Å²) < 4.78 is 0. The summed E-state index contributed by atoms with van der Waals surface area (Å²) in [5, 5.41) is 9.15. The van der Waals surface area contributed by atoms with Gasteiger partial charge in [0.15, 0.2) is 0 Å². The molecule has 0 spiro atoms. The summed E-state index contributed by atoms with van der Waals surface area (Å²) in [5.74, 6) is 0. The second kappa shape index (κ2) is 2.43. The highest BCUT2D eigenvalue weighted by atomic mass is 28.3. The van der Waals surface area contributed by atoms with Gasteiger partial charge in [-0.3, -0.25) is 0 Å². The number of hydrogen-bond donors (Lipinski definition) is 1. The van der Waals surface area contributed by atoms with E-state index < -0.39 is 8.07 Å². The van der Waals surface area contributed by atoms with E-state index in [4.69, 9.17) is 5.11 Å². The largest absolute Gasteiger partial charge is 0.394 e. The van der Waals surface area contributed by atoms with Crippen molar-refractivity contribution >= 4 is 8.07 Å². The van der Waals surface area contributed by atoms with Crippen molar-refractivity contribution in [1.29, 1.82) is 0 Å². The zero-order valence-electron chi connectivity index (χ0n) is 7.02. The molecule has 9 heavy (non-hydrogen) atoms. The van der Waals surface area contributed by atoms with Gasteiger partial charge in [-0.05, 0) is 5.04 Å². The van der Waals surface area contributed by atoms with Gasteiger partial charge >= 0.3 is 0 Å². The third kappa shape index (κ3) is 2.10. The first-order chi connectivity index (χ1) is 3.81. The van der Waals surface area contributed by atoms with Crippen molar-refractivity contribution in [3.63, 3.8) is 0 Å². The lowest BCUT2D eigenvalue weighted by Crippen LogP contribution is -2.37. The average molecular weight is 145 g/mol. The minimum absolute atomic E-state index is 0.280. The Kier molecular flexibility index (Phi) is 2.47. The summed E-state index contributed by atoms with van der Waals surface area (Å²) in [5.41, 5.74) is 0. The molecule has 0 rings (SSSR count). The Morgan fingerprint density at radius 1 is 1.22 bits per heavy atom. The van der Waals surface area contributed by atoms with Crippen molar-refractivity contribution in [2.75, 3.05) is 0 Å². The van der Waals surface area contributed by atoms with Crippen LogP contribution in [0.1, 0.15) is 20.8 Å². The molecule has 0 heterocycles. The molecule has 0 amide bonds. The van der Waals surface area contributed by atoms with Crippen LogP contribution in [0.25, 0.3) is 0 Å². The fourth-order valence-electron chi connectivity index (χ4n) is 0.194. The van der Waals surface area contributed by atoms with Crippen LogP contribution >= 0.6 is 0 Å². The van der Waals surface area contributed by atoms with Gasteiger partial charge < -0.3 is 5.11 Å². The van der Waals surface area contributed by atoms with Crippen LogP contribution in [0, 0.1) is 6.23 Å². The first-order valence-corrected chi connectivity index (χ1v) is 6.37. The third-order valence-electron chi connectivity index (χ3n) is 2.26. The van der Waals surface area contributed by atoms with E-state index >= 15 is 0 Å². The molecule has 0 saturated heterocycles. The Bertz CT molecular complexity index is 91.6. The quantitative estimate of drug-likeness (QED) is 0.562. The summed E-state index contributed by atoms with van der Waals surface area (Å²) in [6, 6.07) is 0. The molecule has 2 heteroatoms. The van der Waals surface area contributed by atoms with E-state index in [0.717, 1.165) is 0 Å². The van der Waals surface area contributed by atoms with E-state index in [0.29, 0.717) is 0 Å². The Morgan fingerprint density at radius 3 is 1.56 bits per heavy atom. The molecule has 1 nitrogen and oxygen atoms in total. The van der Waals surface area contributed by atoms with E-state index in [1.165, 1.54) is 6.23 Å². The second-order valence-electron chi connectivity index (χ2n) is 4.10. The maximum absolute atomic E-state index is 8.87. The monoisotopic (exact) mass is 145 g/mol. The van der Waals surface area contributed by atoms with Gasteiger partial charge in [0.2, 0.25) is 0 Å². The maximum atomic E-state index is 8.87. The highest BCUT2D eigenvalue weighted by Gasteiger charge is 2.34. The predicted octanol–water partition coefficient (Wildman–Crippen LogP) is 2.57. The van der Waals surface area contributed by atoms with Gasteiger partial charge in [-0.25, -0.2) is 0 Å².